The first kappa shape index (κ1) is 21.5. The molecule has 2 aromatic rings. The van der Waals surface area contributed by atoms with Gasteiger partial charge in [-0.25, -0.2) is 4.99 Å². The molecule has 0 radical (unpaired) electrons. The zero-order chi connectivity index (χ0) is 21.8. The predicted octanol–water partition coefficient (Wildman–Crippen LogP) is 3.30. The highest BCUT2D eigenvalue weighted by molar-refractivity contribution is 5.78. The van der Waals surface area contributed by atoms with Gasteiger partial charge in [0, 0.05) is 17.5 Å². The monoisotopic (exact) mass is 422 g/mol. The van der Waals surface area contributed by atoms with Crippen LogP contribution in [0.1, 0.15) is 36.8 Å². The van der Waals surface area contributed by atoms with E-state index >= 15 is 0 Å². The molecule has 166 valence electrons. The minimum absolute atomic E-state index is 0.141. The van der Waals surface area contributed by atoms with E-state index in [4.69, 9.17) is 15.2 Å². The number of methoxy groups -OCH3 is 2. The predicted molar refractivity (Wildman–Crippen MR) is 125 cm³/mol. The third kappa shape index (κ3) is 4.35. The van der Waals surface area contributed by atoms with Crippen LogP contribution in [0.5, 0.6) is 11.5 Å². The number of likely N-dealkylation sites (N-methyl/N-ethyl adjacent to an activating group) is 1. The van der Waals surface area contributed by atoms with Crippen molar-refractivity contribution < 1.29 is 9.47 Å². The Labute approximate surface area is 185 Å². The lowest BCUT2D eigenvalue weighted by Crippen LogP contribution is -2.52. The van der Waals surface area contributed by atoms with Gasteiger partial charge in [-0.1, -0.05) is 36.4 Å². The molecule has 0 unspecified atom stereocenters. The Balaban J connectivity index is 1.48. The molecule has 0 amide bonds. The first-order chi connectivity index (χ1) is 15.1. The molecule has 2 fully saturated rings. The second-order valence-electron chi connectivity index (χ2n) is 8.78. The van der Waals surface area contributed by atoms with Crippen LogP contribution in [-0.4, -0.2) is 50.8 Å². The number of nitrogens with one attached hydrogen (secondary N) is 1. The fourth-order valence-corrected chi connectivity index (χ4v) is 5.41. The van der Waals surface area contributed by atoms with Crippen LogP contribution in [0.2, 0.25) is 0 Å². The fraction of sp³-hybridized carbons (Fsp3) is 0.480. The molecule has 0 bridgehead atoms. The lowest BCUT2D eigenvalue weighted by Gasteiger charge is -2.45. The maximum absolute atomic E-state index is 6.23. The van der Waals surface area contributed by atoms with E-state index in [0.29, 0.717) is 24.6 Å². The molecular weight excluding hydrogens is 388 g/mol. The molecule has 0 aromatic heterocycles. The first-order valence-electron chi connectivity index (χ1n) is 11.1. The number of aliphatic imine (C=N–C) groups is 1. The van der Waals surface area contributed by atoms with Gasteiger partial charge in [0.1, 0.15) is 0 Å². The Morgan fingerprint density at radius 1 is 1.13 bits per heavy atom. The number of nitrogens with two attached hydrogens (primary N) is 1. The molecule has 1 aliphatic carbocycles. The molecule has 4 rings (SSSR count). The minimum Gasteiger partial charge on any atom is -0.493 e. The summed E-state index contributed by atoms with van der Waals surface area (Å²) in [4.78, 5) is 7.05. The maximum atomic E-state index is 6.23. The number of hydrogen-bond donors (Lipinski definition) is 2. The molecule has 2 aliphatic rings. The highest BCUT2D eigenvalue weighted by Gasteiger charge is 2.50. The number of ether oxygens (including phenoxy) is 2. The van der Waals surface area contributed by atoms with E-state index in [1.165, 1.54) is 11.1 Å². The summed E-state index contributed by atoms with van der Waals surface area (Å²) in [6, 6.07) is 17.4. The quantitative estimate of drug-likeness (QED) is 0.552. The molecule has 1 saturated heterocycles. The maximum Gasteiger partial charge on any atom is 0.189 e. The number of nitrogens with zero attached hydrogens (tertiary/aromatic N) is 2. The number of rotatable bonds is 6. The van der Waals surface area contributed by atoms with Crippen molar-refractivity contribution in [1.29, 1.82) is 0 Å². The smallest absolute Gasteiger partial charge is 0.189 e. The molecule has 3 atom stereocenters. The Kier molecular flexibility index (Phi) is 6.37. The number of guanidine groups is 1. The summed E-state index contributed by atoms with van der Waals surface area (Å²) in [6.07, 6.45) is 4.39. The molecule has 6 nitrogen and oxygen atoms in total. The molecule has 2 aromatic carbocycles. The van der Waals surface area contributed by atoms with E-state index in [0.717, 1.165) is 43.7 Å². The van der Waals surface area contributed by atoms with Crippen molar-refractivity contribution in [1.82, 2.24) is 10.2 Å². The van der Waals surface area contributed by atoms with E-state index in [-0.39, 0.29) is 5.41 Å². The average molecular weight is 423 g/mol. The van der Waals surface area contributed by atoms with Crippen molar-refractivity contribution in [3.05, 3.63) is 59.7 Å². The van der Waals surface area contributed by atoms with Crippen molar-refractivity contribution in [2.75, 3.05) is 27.8 Å². The third-order valence-corrected chi connectivity index (χ3v) is 7.11. The minimum atomic E-state index is 0.141. The SMILES string of the molecule is COc1ccc([C@@]23CC[C@H](NC(N)=NCc4ccccc4)C[C@@H]2N(C)CC3)cc1OC. The molecule has 3 N–H and O–H groups in total. The standard InChI is InChI=1S/C25H34N4O2/c1-29-14-13-25(19-9-10-21(30-2)22(15-19)31-3)12-11-20(16-23(25)29)28-24(26)27-17-18-7-5-4-6-8-18/h4-10,15,20,23H,11-14,16-17H2,1-3H3,(H3,26,27,28)/t20-,23-,25-/m0/s1. The Morgan fingerprint density at radius 2 is 1.90 bits per heavy atom. The number of fused-ring (bicyclic) bond motifs is 1. The van der Waals surface area contributed by atoms with Crippen molar-refractivity contribution in [3.63, 3.8) is 0 Å². The van der Waals surface area contributed by atoms with Crippen molar-refractivity contribution in [2.24, 2.45) is 10.7 Å². The fourth-order valence-electron chi connectivity index (χ4n) is 5.41. The zero-order valence-corrected chi connectivity index (χ0v) is 18.8. The number of hydrogen-bond acceptors (Lipinski definition) is 4. The van der Waals surface area contributed by atoms with Crippen LogP contribution in [0.25, 0.3) is 0 Å². The van der Waals surface area contributed by atoms with E-state index < -0.39 is 0 Å². The Hall–Kier alpha value is -2.73. The largest absolute Gasteiger partial charge is 0.493 e. The summed E-state index contributed by atoms with van der Waals surface area (Å²) in [5, 5.41) is 3.49. The van der Waals surface area contributed by atoms with Gasteiger partial charge in [-0.15, -0.1) is 0 Å². The molecule has 31 heavy (non-hydrogen) atoms. The lowest BCUT2D eigenvalue weighted by atomic mass is 9.65. The third-order valence-electron chi connectivity index (χ3n) is 7.11. The van der Waals surface area contributed by atoms with Gasteiger partial charge in [0.05, 0.1) is 20.8 Å². The van der Waals surface area contributed by atoms with Gasteiger partial charge in [-0.3, -0.25) is 0 Å². The van der Waals surface area contributed by atoms with E-state index in [1.54, 1.807) is 14.2 Å². The summed E-state index contributed by atoms with van der Waals surface area (Å²) in [5.41, 5.74) is 8.89. The number of benzene rings is 2. The summed E-state index contributed by atoms with van der Waals surface area (Å²) >= 11 is 0. The lowest BCUT2D eigenvalue weighted by molar-refractivity contribution is 0.161. The molecular formula is C25H34N4O2. The van der Waals surface area contributed by atoms with E-state index in [2.05, 4.69) is 46.5 Å². The Morgan fingerprint density at radius 3 is 2.65 bits per heavy atom. The normalized spacial score (nSPS) is 26.4. The molecule has 0 spiro atoms. The average Bonchev–Trinajstić information content (AvgIpc) is 3.15. The van der Waals surface area contributed by atoms with Gasteiger partial charge in [0.15, 0.2) is 17.5 Å². The highest BCUT2D eigenvalue weighted by Crippen LogP contribution is 2.49. The van der Waals surface area contributed by atoms with Gasteiger partial charge < -0.3 is 25.4 Å². The van der Waals surface area contributed by atoms with Gasteiger partial charge in [-0.2, -0.15) is 0 Å². The first-order valence-corrected chi connectivity index (χ1v) is 11.1. The summed E-state index contributed by atoms with van der Waals surface area (Å²) < 4.78 is 11.0. The van der Waals surface area contributed by atoms with Crippen molar-refractivity contribution in [2.45, 2.75) is 49.7 Å². The van der Waals surface area contributed by atoms with Crippen LogP contribution in [0.15, 0.2) is 53.5 Å². The van der Waals surface area contributed by atoms with Crippen LogP contribution < -0.4 is 20.5 Å². The van der Waals surface area contributed by atoms with Crippen molar-refractivity contribution in [3.8, 4) is 11.5 Å². The van der Waals surface area contributed by atoms with Gasteiger partial charge >= 0.3 is 0 Å². The number of likely N-dealkylation sites (tertiary alicyclic amines) is 1. The zero-order valence-electron chi connectivity index (χ0n) is 18.8. The van der Waals surface area contributed by atoms with Crippen LogP contribution >= 0.6 is 0 Å². The molecule has 1 heterocycles. The van der Waals surface area contributed by atoms with Gasteiger partial charge in [0.2, 0.25) is 0 Å². The van der Waals surface area contributed by atoms with E-state index in [1.807, 2.05) is 24.3 Å². The Bertz CT molecular complexity index is 917. The van der Waals surface area contributed by atoms with E-state index in [9.17, 15) is 0 Å². The van der Waals surface area contributed by atoms with Crippen LogP contribution in [-0.2, 0) is 12.0 Å². The molecule has 6 heteroatoms. The molecule has 1 saturated carbocycles. The molecule has 1 aliphatic heterocycles. The van der Waals surface area contributed by atoms with Crippen LogP contribution in [0, 0.1) is 0 Å². The summed E-state index contributed by atoms with van der Waals surface area (Å²) in [5.74, 6) is 2.12. The van der Waals surface area contributed by atoms with Gasteiger partial charge in [-0.05, 0) is 62.5 Å². The van der Waals surface area contributed by atoms with Gasteiger partial charge in [0.25, 0.3) is 0 Å². The van der Waals surface area contributed by atoms with Crippen molar-refractivity contribution >= 4 is 5.96 Å². The highest BCUT2D eigenvalue weighted by atomic mass is 16.5. The van der Waals surface area contributed by atoms with Crippen LogP contribution in [0.3, 0.4) is 0 Å². The van der Waals surface area contributed by atoms with Crippen LogP contribution in [0.4, 0.5) is 0 Å². The summed E-state index contributed by atoms with van der Waals surface area (Å²) in [7, 11) is 5.63. The summed E-state index contributed by atoms with van der Waals surface area (Å²) in [6.45, 7) is 1.70. The topological polar surface area (TPSA) is 72.1 Å². The second kappa shape index (κ2) is 9.18. The second-order valence-corrected chi connectivity index (χ2v) is 8.78.